The van der Waals surface area contributed by atoms with Crippen LogP contribution in [-0.2, 0) is 4.74 Å². The predicted molar refractivity (Wildman–Crippen MR) is 115 cm³/mol. The number of aromatic nitrogens is 4. The van der Waals surface area contributed by atoms with E-state index in [9.17, 15) is 15.3 Å². The topological polar surface area (TPSA) is 140 Å². The van der Waals surface area contributed by atoms with Crippen LogP contribution >= 0.6 is 0 Å². The van der Waals surface area contributed by atoms with Gasteiger partial charge in [-0.15, -0.1) is 0 Å². The number of unbranched alkanes of at least 4 members (excludes halogenated alkanes) is 1. The fourth-order valence-corrected chi connectivity index (χ4v) is 4.56. The molecular weight excluding hydrogens is 398 g/mol. The van der Waals surface area contributed by atoms with E-state index in [0.717, 1.165) is 18.8 Å². The molecule has 9 nitrogen and oxygen atoms in total. The number of nitrogens with zero attached hydrogens (tertiary/aromatic N) is 4. The summed E-state index contributed by atoms with van der Waals surface area (Å²) in [7, 11) is 0. The molecule has 0 aromatic carbocycles. The molecule has 0 spiro atoms. The predicted octanol–water partition coefficient (Wildman–Crippen LogP) is 1.51. The lowest BCUT2D eigenvalue weighted by atomic mass is 9.94. The average molecular weight is 430 g/mol. The van der Waals surface area contributed by atoms with Gasteiger partial charge in [0.1, 0.15) is 23.8 Å². The highest BCUT2D eigenvalue weighted by atomic mass is 16.6. The first-order valence-electron chi connectivity index (χ1n) is 11.2. The lowest BCUT2D eigenvalue weighted by Crippen LogP contribution is -2.33. The Morgan fingerprint density at radius 3 is 2.61 bits per heavy atom. The van der Waals surface area contributed by atoms with Crippen LogP contribution in [0.4, 0.5) is 5.82 Å². The lowest BCUT2D eigenvalue weighted by molar-refractivity contribution is -0.0511. The van der Waals surface area contributed by atoms with Crippen molar-refractivity contribution < 1.29 is 20.1 Å². The maximum atomic E-state index is 10.3. The molecule has 1 aliphatic heterocycles. The van der Waals surface area contributed by atoms with Crippen molar-refractivity contribution in [3.05, 3.63) is 12.2 Å². The number of imidazole rings is 1. The summed E-state index contributed by atoms with van der Waals surface area (Å²) < 4.78 is 7.08. The summed E-state index contributed by atoms with van der Waals surface area (Å²) in [6, 6.07) is 0. The maximum absolute atomic E-state index is 10.3. The average Bonchev–Trinajstić information content (AvgIpc) is 3.18. The fraction of sp³-hybridized carbons (Fsp3) is 0.682. The Bertz CT molecular complexity index is 945. The Morgan fingerprint density at radius 1 is 1.13 bits per heavy atom. The molecule has 2 aliphatic rings. The minimum atomic E-state index is -1.23. The van der Waals surface area contributed by atoms with Crippen LogP contribution in [-0.4, -0.2) is 59.8 Å². The van der Waals surface area contributed by atoms with Gasteiger partial charge in [0, 0.05) is 6.42 Å². The first-order valence-corrected chi connectivity index (χ1v) is 11.2. The molecule has 1 saturated heterocycles. The zero-order chi connectivity index (χ0) is 21.8. The molecule has 0 bridgehead atoms. The highest BCUT2D eigenvalue weighted by molar-refractivity contribution is 5.82. The molecule has 4 rings (SSSR count). The molecule has 1 saturated carbocycles. The van der Waals surface area contributed by atoms with E-state index >= 15 is 0 Å². The molecule has 9 heteroatoms. The van der Waals surface area contributed by atoms with Crippen LogP contribution < -0.4 is 5.73 Å². The monoisotopic (exact) mass is 429 g/mol. The third-order valence-corrected chi connectivity index (χ3v) is 6.33. The number of fused-ring (bicyclic) bond motifs is 1. The summed E-state index contributed by atoms with van der Waals surface area (Å²) in [5.41, 5.74) is 6.78. The Labute approximate surface area is 181 Å². The third-order valence-electron chi connectivity index (χ3n) is 6.33. The Hall–Kier alpha value is -2.25. The van der Waals surface area contributed by atoms with Gasteiger partial charge in [-0.2, -0.15) is 0 Å². The molecule has 2 aromatic heterocycles. The van der Waals surface area contributed by atoms with Crippen LogP contribution in [0, 0.1) is 17.8 Å². The van der Waals surface area contributed by atoms with Crippen molar-refractivity contribution in [1.29, 1.82) is 0 Å². The van der Waals surface area contributed by atoms with Crippen LogP contribution in [0.25, 0.3) is 11.2 Å². The number of anilines is 1. The summed E-state index contributed by atoms with van der Waals surface area (Å²) in [6.45, 7) is -0.407. The molecule has 4 atom stereocenters. The molecule has 168 valence electrons. The van der Waals surface area contributed by atoms with Crippen LogP contribution in [0.1, 0.15) is 69.8 Å². The van der Waals surface area contributed by atoms with E-state index in [4.69, 9.17) is 10.5 Å². The second-order valence-electron chi connectivity index (χ2n) is 8.54. The largest absolute Gasteiger partial charge is 0.394 e. The second-order valence-corrected chi connectivity index (χ2v) is 8.54. The van der Waals surface area contributed by atoms with Gasteiger partial charge in [-0.25, -0.2) is 15.0 Å². The molecule has 3 heterocycles. The number of ether oxygens (including phenoxy) is 1. The van der Waals surface area contributed by atoms with E-state index in [1.807, 2.05) is 0 Å². The van der Waals surface area contributed by atoms with Crippen molar-refractivity contribution in [2.45, 2.75) is 82.3 Å². The summed E-state index contributed by atoms with van der Waals surface area (Å²) in [4.78, 5) is 12.9. The first-order chi connectivity index (χ1) is 15.1. The van der Waals surface area contributed by atoms with Crippen molar-refractivity contribution in [3.63, 3.8) is 0 Å². The normalized spacial score (nSPS) is 27.2. The van der Waals surface area contributed by atoms with E-state index in [1.54, 1.807) is 0 Å². The maximum Gasteiger partial charge on any atom is 0.208 e. The molecule has 31 heavy (non-hydrogen) atoms. The van der Waals surface area contributed by atoms with E-state index in [-0.39, 0.29) is 11.6 Å². The van der Waals surface area contributed by atoms with Gasteiger partial charge in [-0.05, 0) is 24.7 Å². The van der Waals surface area contributed by atoms with Crippen LogP contribution in [0.15, 0.2) is 6.33 Å². The summed E-state index contributed by atoms with van der Waals surface area (Å²) in [5.74, 6) is 7.45. The molecule has 0 radical (unpaired) electrons. The molecule has 2 fully saturated rings. The fourth-order valence-electron chi connectivity index (χ4n) is 4.56. The van der Waals surface area contributed by atoms with Crippen LogP contribution in [0.3, 0.4) is 0 Å². The van der Waals surface area contributed by atoms with E-state index in [0.29, 0.717) is 11.2 Å². The van der Waals surface area contributed by atoms with E-state index in [2.05, 4.69) is 26.8 Å². The summed E-state index contributed by atoms with van der Waals surface area (Å²) in [6.07, 6.45) is 8.37. The molecule has 2 unspecified atom stereocenters. The van der Waals surface area contributed by atoms with Crippen LogP contribution in [0.5, 0.6) is 0 Å². The van der Waals surface area contributed by atoms with Gasteiger partial charge in [0.05, 0.1) is 12.9 Å². The number of hydrogen-bond acceptors (Lipinski definition) is 8. The Morgan fingerprint density at radius 2 is 1.90 bits per heavy atom. The van der Waals surface area contributed by atoms with Crippen molar-refractivity contribution >= 4 is 17.0 Å². The minimum absolute atomic E-state index is 0.193. The number of hydrogen-bond donors (Lipinski definition) is 4. The first kappa shape index (κ1) is 22.0. The lowest BCUT2D eigenvalue weighted by Gasteiger charge is -2.16. The molecule has 5 N–H and O–H groups in total. The minimum Gasteiger partial charge on any atom is -0.394 e. The highest BCUT2D eigenvalue weighted by Gasteiger charge is 2.44. The van der Waals surface area contributed by atoms with Gasteiger partial charge in [-0.1, -0.05) is 44.4 Å². The van der Waals surface area contributed by atoms with Gasteiger partial charge >= 0.3 is 0 Å². The zero-order valence-electron chi connectivity index (χ0n) is 17.7. The molecule has 0 amide bonds. The zero-order valence-corrected chi connectivity index (χ0v) is 17.7. The van der Waals surface area contributed by atoms with Crippen LogP contribution in [0.2, 0.25) is 0 Å². The summed E-state index contributed by atoms with van der Waals surface area (Å²) >= 11 is 0. The van der Waals surface area contributed by atoms with Gasteiger partial charge in [0.2, 0.25) is 5.82 Å². The molecular formula is C22H31N5O4. The van der Waals surface area contributed by atoms with Gasteiger partial charge < -0.3 is 25.8 Å². The number of aliphatic hydroxyl groups excluding tert-OH is 3. The number of rotatable bonds is 5. The highest BCUT2D eigenvalue weighted by Crippen LogP contribution is 2.32. The van der Waals surface area contributed by atoms with Gasteiger partial charge in [0.25, 0.3) is 0 Å². The smallest absolute Gasteiger partial charge is 0.208 e. The van der Waals surface area contributed by atoms with Gasteiger partial charge in [0.15, 0.2) is 17.7 Å². The molecule has 1 aliphatic carbocycles. The van der Waals surface area contributed by atoms with Crippen molar-refractivity contribution in [3.8, 4) is 11.8 Å². The number of nitrogen functional groups attached to an aromatic ring is 1. The van der Waals surface area contributed by atoms with Crippen molar-refractivity contribution in [2.75, 3.05) is 12.3 Å². The SMILES string of the molecule is Nc1nc(C#CCCCC2CCCCCC2)nc2c1ncn2[C@@H]1O[C@H](CO)C(O)C1O. The standard InChI is InChI=1S/C22H31N5O4/c23-20-17-21(27(13-24-17)22-19(30)18(29)15(12-28)31-22)26-16(25-20)11-7-3-6-10-14-8-4-1-2-5-9-14/h13-15,18-19,22,28-30H,1-6,8-10,12H2,(H2,23,25,26)/t15-,18?,19?,22-/m1/s1. The number of nitrogens with two attached hydrogens (primary N) is 1. The Balaban J connectivity index is 1.45. The summed E-state index contributed by atoms with van der Waals surface area (Å²) in [5, 5.41) is 29.7. The van der Waals surface area contributed by atoms with E-state index in [1.165, 1.54) is 55.8 Å². The van der Waals surface area contributed by atoms with Crippen molar-refractivity contribution in [1.82, 2.24) is 19.5 Å². The quantitative estimate of drug-likeness (QED) is 0.319. The molecule has 2 aromatic rings. The third kappa shape index (κ3) is 4.83. The van der Waals surface area contributed by atoms with Gasteiger partial charge in [-0.3, -0.25) is 4.57 Å². The second kappa shape index (κ2) is 9.92. The van der Waals surface area contributed by atoms with E-state index < -0.39 is 31.1 Å². The number of aliphatic hydroxyl groups is 3. The Kier molecular flexibility index (Phi) is 7.02. The van der Waals surface area contributed by atoms with Crippen molar-refractivity contribution in [2.24, 2.45) is 5.92 Å².